The van der Waals surface area contributed by atoms with Crippen LogP contribution in [-0.4, -0.2) is 38.8 Å². The number of para-hydroxylation sites is 1. The third-order valence-corrected chi connectivity index (χ3v) is 5.77. The van der Waals surface area contributed by atoms with Gasteiger partial charge >= 0.3 is 6.18 Å². The van der Waals surface area contributed by atoms with E-state index in [1.54, 1.807) is 24.3 Å². The Bertz CT molecular complexity index is 1330. The number of nitrogens with zero attached hydrogens (tertiary/aromatic N) is 5. The van der Waals surface area contributed by atoms with Crippen LogP contribution in [0.2, 0.25) is 0 Å². The summed E-state index contributed by atoms with van der Waals surface area (Å²) >= 11 is 0. The molecule has 0 atom stereocenters. The number of carbonyl (C=O) groups is 1. The van der Waals surface area contributed by atoms with E-state index in [1.807, 2.05) is 41.3 Å². The van der Waals surface area contributed by atoms with Crippen LogP contribution in [0.4, 0.5) is 24.7 Å². The van der Waals surface area contributed by atoms with Crippen LogP contribution in [0.15, 0.2) is 66.7 Å². The van der Waals surface area contributed by atoms with E-state index >= 15 is 0 Å². The van der Waals surface area contributed by atoms with E-state index in [2.05, 4.69) is 20.6 Å². The Balaban J connectivity index is 1.21. The zero-order valence-electron chi connectivity index (χ0n) is 18.4. The number of benzene rings is 2. The number of halogens is 3. The van der Waals surface area contributed by atoms with Crippen molar-refractivity contribution in [2.45, 2.75) is 19.0 Å². The predicted octanol–water partition coefficient (Wildman–Crippen LogP) is 4.79. The quantitative estimate of drug-likeness (QED) is 0.440. The second-order valence-corrected chi connectivity index (χ2v) is 8.18. The highest BCUT2D eigenvalue weighted by molar-refractivity contribution is 5.92. The van der Waals surface area contributed by atoms with Crippen molar-refractivity contribution in [2.75, 3.05) is 23.3 Å². The lowest BCUT2D eigenvalue weighted by atomic mass is 9.96. The molecule has 0 aliphatic carbocycles. The molecule has 0 unspecified atom stereocenters. The highest BCUT2D eigenvalue weighted by Crippen LogP contribution is 2.29. The van der Waals surface area contributed by atoms with Crippen molar-refractivity contribution >= 4 is 23.1 Å². The minimum Gasteiger partial charge on any atom is -0.457 e. The summed E-state index contributed by atoms with van der Waals surface area (Å²) in [7, 11) is 0. The van der Waals surface area contributed by atoms with Crippen molar-refractivity contribution in [1.82, 2.24) is 19.8 Å². The summed E-state index contributed by atoms with van der Waals surface area (Å²) in [5.41, 5.74) is 0.652. The van der Waals surface area contributed by atoms with E-state index in [-0.39, 0.29) is 17.5 Å². The van der Waals surface area contributed by atoms with E-state index in [1.165, 1.54) is 6.07 Å². The molecule has 1 fully saturated rings. The lowest BCUT2D eigenvalue weighted by Gasteiger charge is -2.32. The van der Waals surface area contributed by atoms with Gasteiger partial charge in [0.25, 0.3) is 5.82 Å². The molecular weight excluding hydrogens is 461 g/mol. The normalized spacial score (nSPS) is 14.8. The number of alkyl halides is 3. The smallest absolute Gasteiger partial charge is 0.453 e. The maximum absolute atomic E-state index is 13.1. The molecule has 8 nitrogen and oxygen atoms in total. The molecule has 35 heavy (non-hydrogen) atoms. The van der Waals surface area contributed by atoms with Crippen LogP contribution >= 0.6 is 0 Å². The van der Waals surface area contributed by atoms with Gasteiger partial charge in [0, 0.05) is 30.8 Å². The molecule has 0 spiro atoms. The van der Waals surface area contributed by atoms with Crippen LogP contribution in [0.1, 0.15) is 18.7 Å². The minimum atomic E-state index is -4.65. The zero-order chi connectivity index (χ0) is 24.4. The van der Waals surface area contributed by atoms with Crippen molar-refractivity contribution in [3.05, 3.63) is 72.6 Å². The first-order chi connectivity index (χ1) is 16.9. The zero-order valence-corrected chi connectivity index (χ0v) is 18.4. The van der Waals surface area contributed by atoms with Gasteiger partial charge in [0.05, 0.1) is 0 Å². The number of piperidine rings is 1. The van der Waals surface area contributed by atoms with Gasteiger partial charge in [0.1, 0.15) is 17.3 Å². The second-order valence-electron chi connectivity index (χ2n) is 8.18. The number of anilines is 2. The molecule has 3 heterocycles. The van der Waals surface area contributed by atoms with Gasteiger partial charge in [0.2, 0.25) is 5.91 Å². The Hall–Kier alpha value is -4.15. The number of rotatable bonds is 5. The number of aromatic nitrogens is 4. The molecule has 0 radical (unpaired) electrons. The summed E-state index contributed by atoms with van der Waals surface area (Å²) < 4.78 is 46.0. The molecule has 1 N–H and O–H groups in total. The SMILES string of the molecule is O=C(Nc1cccc(Oc2ccccc2)c1)C1CCN(c2ccc3nnc(C(F)(F)F)n3n2)CC1. The average molecular weight is 482 g/mol. The first-order valence-corrected chi connectivity index (χ1v) is 11.1. The van der Waals surface area contributed by atoms with Gasteiger partial charge in [-0.05, 0) is 49.2 Å². The van der Waals surface area contributed by atoms with Gasteiger partial charge in [0.15, 0.2) is 5.65 Å². The van der Waals surface area contributed by atoms with Gasteiger partial charge in [-0.3, -0.25) is 4.79 Å². The molecule has 1 aliphatic heterocycles. The van der Waals surface area contributed by atoms with Crippen LogP contribution in [0.5, 0.6) is 11.5 Å². The van der Waals surface area contributed by atoms with E-state index in [9.17, 15) is 18.0 Å². The number of hydrogen-bond donors (Lipinski definition) is 1. The van der Waals surface area contributed by atoms with Crippen LogP contribution < -0.4 is 15.0 Å². The lowest BCUT2D eigenvalue weighted by Crippen LogP contribution is -2.38. The standard InChI is InChI=1S/C24H21F3N6O2/c25-24(26,27)23-30-29-20-9-10-21(31-33(20)23)32-13-11-16(12-14-32)22(34)28-17-5-4-8-19(15-17)35-18-6-2-1-3-7-18/h1-10,15-16H,11-14H2,(H,28,34). The summed E-state index contributed by atoms with van der Waals surface area (Å²) in [6, 6.07) is 19.6. The van der Waals surface area contributed by atoms with E-state index in [4.69, 9.17) is 4.74 Å². The molecule has 2 aromatic heterocycles. The van der Waals surface area contributed by atoms with Gasteiger partial charge in [-0.2, -0.15) is 17.7 Å². The molecule has 5 rings (SSSR count). The highest BCUT2D eigenvalue weighted by atomic mass is 19.4. The lowest BCUT2D eigenvalue weighted by molar-refractivity contribution is -0.146. The number of fused-ring (bicyclic) bond motifs is 1. The van der Waals surface area contributed by atoms with Crippen LogP contribution in [0, 0.1) is 5.92 Å². The van der Waals surface area contributed by atoms with Crippen molar-refractivity contribution in [3.63, 3.8) is 0 Å². The third kappa shape index (κ3) is 5.03. The second kappa shape index (κ2) is 9.24. The summed E-state index contributed by atoms with van der Waals surface area (Å²) in [4.78, 5) is 14.7. The summed E-state index contributed by atoms with van der Waals surface area (Å²) in [5, 5.41) is 13.8. The van der Waals surface area contributed by atoms with E-state index < -0.39 is 12.0 Å². The first-order valence-electron chi connectivity index (χ1n) is 11.1. The van der Waals surface area contributed by atoms with Gasteiger partial charge < -0.3 is 15.0 Å². The molecule has 11 heteroatoms. The molecule has 1 amide bonds. The van der Waals surface area contributed by atoms with Crippen molar-refractivity contribution in [3.8, 4) is 11.5 Å². The number of hydrogen-bond acceptors (Lipinski definition) is 6. The Morgan fingerprint density at radius 2 is 1.69 bits per heavy atom. The molecular formula is C24H21F3N6O2. The molecule has 1 aliphatic rings. The number of carbonyl (C=O) groups excluding carboxylic acids is 1. The van der Waals surface area contributed by atoms with Crippen molar-refractivity contribution in [2.24, 2.45) is 5.92 Å². The molecule has 0 saturated carbocycles. The highest BCUT2D eigenvalue weighted by Gasteiger charge is 2.38. The number of amides is 1. The molecule has 2 aromatic carbocycles. The van der Waals surface area contributed by atoms with Crippen LogP contribution in [0.3, 0.4) is 0 Å². The maximum atomic E-state index is 13.1. The number of nitrogens with one attached hydrogen (secondary N) is 1. The van der Waals surface area contributed by atoms with E-state index in [0.717, 1.165) is 0 Å². The van der Waals surface area contributed by atoms with Crippen LogP contribution in [0.25, 0.3) is 5.65 Å². The monoisotopic (exact) mass is 482 g/mol. The Labute approximate surface area is 198 Å². The van der Waals surface area contributed by atoms with Crippen molar-refractivity contribution in [1.29, 1.82) is 0 Å². The largest absolute Gasteiger partial charge is 0.457 e. The average Bonchev–Trinajstić information content (AvgIpc) is 3.29. The van der Waals surface area contributed by atoms with Gasteiger partial charge in [-0.15, -0.1) is 15.3 Å². The fraction of sp³-hybridized carbons (Fsp3) is 0.250. The molecule has 0 bridgehead atoms. The number of ether oxygens (including phenoxy) is 1. The topological polar surface area (TPSA) is 84.6 Å². The Morgan fingerprint density at radius 1 is 0.943 bits per heavy atom. The van der Waals surface area contributed by atoms with Gasteiger partial charge in [-0.1, -0.05) is 24.3 Å². The summed E-state index contributed by atoms with van der Waals surface area (Å²) in [5.74, 6) is 0.188. The predicted molar refractivity (Wildman–Crippen MR) is 122 cm³/mol. The minimum absolute atomic E-state index is 0.0220. The molecule has 4 aromatic rings. The summed E-state index contributed by atoms with van der Waals surface area (Å²) in [6.07, 6.45) is -3.57. The first kappa shape index (κ1) is 22.6. The molecule has 1 saturated heterocycles. The third-order valence-electron chi connectivity index (χ3n) is 5.77. The summed E-state index contributed by atoms with van der Waals surface area (Å²) in [6.45, 7) is 0.967. The van der Waals surface area contributed by atoms with E-state index in [0.29, 0.717) is 53.5 Å². The maximum Gasteiger partial charge on any atom is 0.453 e. The fourth-order valence-electron chi connectivity index (χ4n) is 4.00. The van der Waals surface area contributed by atoms with Crippen molar-refractivity contribution < 1.29 is 22.7 Å². The Kier molecular flexibility index (Phi) is 5.98. The molecule has 180 valence electrons. The van der Waals surface area contributed by atoms with Gasteiger partial charge in [-0.25, -0.2) is 0 Å². The van der Waals surface area contributed by atoms with Crippen LogP contribution in [-0.2, 0) is 11.0 Å². The fourth-order valence-corrected chi connectivity index (χ4v) is 4.00. The Morgan fingerprint density at radius 3 is 2.43 bits per heavy atom.